The first kappa shape index (κ1) is 15.9. The number of fused-ring (bicyclic) bond motifs is 1. The normalized spacial score (nSPS) is 11.9. The van der Waals surface area contributed by atoms with Crippen LogP contribution >= 0.6 is 11.6 Å². The Morgan fingerprint density at radius 2 is 1.83 bits per heavy atom. The number of halogens is 1. The van der Waals surface area contributed by atoms with Crippen LogP contribution in [0.1, 0.15) is 19.0 Å². The van der Waals surface area contributed by atoms with Gasteiger partial charge >= 0.3 is 0 Å². The van der Waals surface area contributed by atoms with Crippen molar-refractivity contribution in [3.8, 4) is 5.75 Å². The highest BCUT2D eigenvalue weighted by Gasteiger charge is 2.24. The van der Waals surface area contributed by atoms with Crippen LogP contribution in [0.15, 0.2) is 53.4 Å². The van der Waals surface area contributed by atoms with Crippen LogP contribution in [0.25, 0.3) is 10.9 Å². The molecular formula is C17H16ClNO3S. The third kappa shape index (κ3) is 2.60. The van der Waals surface area contributed by atoms with Crippen molar-refractivity contribution in [3.05, 3.63) is 59.2 Å². The first-order valence-electron chi connectivity index (χ1n) is 7.29. The molecule has 4 nitrogen and oxygen atoms in total. The highest BCUT2D eigenvalue weighted by molar-refractivity contribution is 7.90. The molecule has 3 aromatic rings. The van der Waals surface area contributed by atoms with Gasteiger partial charge in [0.2, 0.25) is 0 Å². The van der Waals surface area contributed by atoms with Crippen molar-refractivity contribution in [1.82, 2.24) is 3.97 Å². The van der Waals surface area contributed by atoms with Gasteiger partial charge in [-0.3, -0.25) is 0 Å². The first-order chi connectivity index (χ1) is 11.0. The van der Waals surface area contributed by atoms with Gasteiger partial charge in [0.1, 0.15) is 5.75 Å². The van der Waals surface area contributed by atoms with Crippen molar-refractivity contribution in [2.45, 2.75) is 24.7 Å². The topological polar surface area (TPSA) is 59.3 Å². The Bertz CT molecular complexity index is 962. The van der Waals surface area contributed by atoms with Gasteiger partial charge in [0.25, 0.3) is 10.0 Å². The second-order valence-electron chi connectivity index (χ2n) is 5.30. The van der Waals surface area contributed by atoms with E-state index in [0.29, 0.717) is 23.0 Å². The molecule has 3 rings (SSSR count). The highest BCUT2D eigenvalue weighted by Crippen LogP contribution is 2.36. The Labute approximate surface area is 140 Å². The van der Waals surface area contributed by atoms with E-state index >= 15 is 0 Å². The third-order valence-electron chi connectivity index (χ3n) is 3.71. The second-order valence-corrected chi connectivity index (χ2v) is 7.46. The van der Waals surface area contributed by atoms with E-state index in [0.717, 1.165) is 6.42 Å². The Balaban J connectivity index is 2.36. The number of phenols is 1. The highest BCUT2D eigenvalue weighted by atomic mass is 35.5. The fraction of sp³-hybridized carbons (Fsp3) is 0.176. The first-order valence-corrected chi connectivity index (χ1v) is 9.11. The molecule has 1 heterocycles. The van der Waals surface area contributed by atoms with Gasteiger partial charge in [0.05, 0.1) is 15.4 Å². The summed E-state index contributed by atoms with van der Waals surface area (Å²) < 4.78 is 27.4. The lowest BCUT2D eigenvalue weighted by atomic mass is 10.2. The van der Waals surface area contributed by atoms with Gasteiger partial charge in [0.15, 0.2) is 0 Å². The van der Waals surface area contributed by atoms with Gasteiger partial charge < -0.3 is 5.11 Å². The van der Waals surface area contributed by atoms with Crippen LogP contribution in [-0.4, -0.2) is 17.5 Å². The van der Waals surface area contributed by atoms with Crippen LogP contribution in [0.3, 0.4) is 0 Å². The number of aryl methyl sites for hydroxylation is 1. The van der Waals surface area contributed by atoms with Crippen LogP contribution in [0.4, 0.5) is 0 Å². The van der Waals surface area contributed by atoms with Gasteiger partial charge in [-0.05, 0) is 36.8 Å². The zero-order valence-corrected chi connectivity index (χ0v) is 14.1. The molecule has 6 heteroatoms. The molecule has 1 N–H and O–H groups in total. The predicted octanol–water partition coefficient (Wildman–Crippen LogP) is 4.19. The summed E-state index contributed by atoms with van der Waals surface area (Å²) in [5, 5.41) is 10.5. The standard InChI is InChI=1S/C17H16ClNO3S/c1-2-6-12-11-14-15(9-10-16(20)17(14)18)19(12)23(21,22)13-7-4-3-5-8-13/h3-5,7-11,20H,2,6H2,1H3. The number of hydrogen-bond acceptors (Lipinski definition) is 3. The molecule has 0 bridgehead atoms. The van der Waals surface area contributed by atoms with Crippen LogP contribution in [0.5, 0.6) is 5.75 Å². The molecule has 0 aliphatic heterocycles. The molecule has 0 saturated heterocycles. The average molecular weight is 350 g/mol. The SMILES string of the molecule is CCCc1cc2c(Cl)c(O)ccc2n1S(=O)(=O)c1ccccc1. The summed E-state index contributed by atoms with van der Waals surface area (Å²) in [6.07, 6.45) is 1.39. The largest absolute Gasteiger partial charge is 0.506 e. The maximum atomic E-state index is 13.1. The van der Waals surface area contributed by atoms with Gasteiger partial charge in [-0.1, -0.05) is 43.1 Å². The summed E-state index contributed by atoms with van der Waals surface area (Å²) in [5.74, 6) is -0.0588. The molecule has 0 aliphatic carbocycles. The van der Waals surface area contributed by atoms with E-state index in [-0.39, 0.29) is 15.7 Å². The molecule has 0 radical (unpaired) electrons. The van der Waals surface area contributed by atoms with E-state index in [4.69, 9.17) is 11.6 Å². The lowest BCUT2D eigenvalue weighted by Crippen LogP contribution is -2.15. The molecule has 0 spiro atoms. The summed E-state index contributed by atoms with van der Waals surface area (Å²) >= 11 is 6.15. The summed E-state index contributed by atoms with van der Waals surface area (Å²) in [5.41, 5.74) is 1.12. The maximum Gasteiger partial charge on any atom is 0.268 e. The number of benzene rings is 2. The molecule has 2 aromatic carbocycles. The smallest absolute Gasteiger partial charge is 0.268 e. The molecule has 0 unspecified atom stereocenters. The average Bonchev–Trinajstić information content (AvgIpc) is 2.92. The number of phenolic OH excluding ortho intramolecular Hbond substituents is 1. The van der Waals surface area contributed by atoms with Crippen LogP contribution in [0.2, 0.25) is 5.02 Å². The van der Waals surface area contributed by atoms with E-state index in [9.17, 15) is 13.5 Å². The number of aromatic nitrogens is 1. The van der Waals surface area contributed by atoms with E-state index in [1.807, 2.05) is 6.92 Å². The van der Waals surface area contributed by atoms with E-state index in [1.54, 1.807) is 42.5 Å². The zero-order chi connectivity index (χ0) is 16.6. The number of rotatable bonds is 4. The number of aromatic hydroxyl groups is 1. The molecule has 120 valence electrons. The Morgan fingerprint density at radius 1 is 1.13 bits per heavy atom. The molecule has 23 heavy (non-hydrogen) atoms. The summed E-state index contributed by atoms with van der Waals surface area (Å²) in [4.78, 5) is 0.221. The quantitative estimate of drug-likeness (QED) is 0.768. The molecule has 1 aromatic heterocycles. The van der Waals surface area contributed by atoms with Crippen molar-refractivity contribution in [2.75, 3.05) is 0 Å². The lowest BCUT2D eigenvalue weighted by Gasteiger charge is -2.12. The van der Waals surface area contributed by atoms with Crippen molar-refractivity contribution < 1.29 is 13.5 Å². The van der Waals surface area contributed by atoms with E-state index in [2.05, 4.69) is 0 Å². The van der Waals surface area contributed by atoms with Crippen molar-refractivity contribution in [2.24, 2.45) is 0 Å². The van der Waals surface area contributed by atoms with Crippen molar-refractivity contribution in [3.63, 3.8) is 0 Å². The minimum Gasteiger partial charge on any atom is -0.506 e. The van der Waals surface area contributed by atoms with Crippen LogP contribution in [0, 0.1) is 0 Å². The second kappa shape index (κ2) is 5.91. The molecular weight excluding hydrogens is 334 g/mol. The van der Waals surface area contributed by atoms with Gasteiger partial charge in [-0.15, -0.1) is 0 Å². The van der Waals surface area contributed by atoms with Crippen LogP contribution in [-0.2, 0) is 16.4 Å². The lowest BCUT2D eigenvalue weighted by molar-refractivity contribution is 0.476. The molecule has 0 fully saturated rings. The number of nitrogens with zero attached hydrogens (tertiary/aromatic N) is 1. The fourth-order valence-electron chi connectivity index (χ4n) is 2.68. The molecule has 0 atom stereocenters. The Kier molecular flexibility index (Phi) is 4.08. The minimum atomic E-state index is -3.73. The van der Waals surface area contributed by atoms with Gasteiger partial charge in [0, 0.05) is 11.1 Å². The van der Waals surface area contributed by atoms with Crippen molar-refractivity contribution >= 4 is 32.5 Å². The predicted molar refractivity (Wildman–Crippen MR) is 91.6 cm³/mol. The summed E-state index contributed by atoms with van der Waals surface area (Å²) in [6, 6.07) is 13.0. The third-order valence-corrected chi connectivity index (χ3v) is 5.89. The Hall–Kier alpha value is -1.98. The van der Waals surface area contributed by atoms with Crippen LogP contribution < -0.4 is 0 Å². The minimum absolute atomic E-state index is 0.0588. The number of hydrogen-bond donors (Lipinski definition) is 1. The molecule has 0 amide bonds. The monoisotopic (exact) mass is 349 g/mol. The molecule has 0 saturated carbocycles. The fourth-order valence-corrected chi connectivity index (χ4v) is 4.47. The van der Waals surface area contributed by atoms with Crippen molar-refractivity contribution in [1.29, 1.82) is 0 Å². The Morgan fingerprint density at radius 3 is 2.48 bits per heavy atom. The van der Waals surface area contributed by atoms with Gasteiger partial charge in [-0.2, -0.15) is 0 Å². The summed E-state index contributed by atoms with van der Waals surface area (Å²) in [6.45, 7) is 1.98. The van der Waals surface area contributed by atoms with E-state index < -0.39 is 10.0 Å². The maximum absolute atomic E-state index is 13.1. The zero-order valence-electron chi connectivity index (χ0n) is 12.5. The van der Waals surface area contributed by atoms with E-state index in [1.165, 1.54) is 10.0 Å². The van der Waals surface area contributed by atoms with Gasteiger partial charge in [-0.25, -0.2) is 12.4 Å². The molecule has 0 aliphatic rings. The summed E-state index contributed by atoms with van der Waals surface area (Å²) in [7, 11) is -3.73.